The quantitative estimate of drug-likeness (QED) is 0.812. The number of halogens is 4. The van der Waals surface area contributed by atoms with E-state index in [1.165, 1.54) is 12.1 Å². The smallest absolute Gasteiger partial charge is 0.404 e. The Morgan fingerprint density at radius 3 is 2.71 bits per heavy atom. The molecule has 4 nitrogen and oxygen atoms in total. The Hall–Kier alpha value is -1.28. The highest BCUT2D eigenvalue weighted by molar-refractivity contribution is 9.10. The lowest BCUT2D eigenvalue weighted by molar-refractivity contribution is -0.274. The van der Waals surface area contributed by atoms with E-state index in [9.17, 15) is 18.0 Å². The summed E-state index contributed by atoms with van der Waals surface area (Å²) in [5.74, 6) is -0.244. The van der Waals surface area contributed by atoms with Crippen LogP contribution in [0.5, 0.6) is 5.75 Å². The third kappa shape index (κ3) is 5.92. The largest absolute Gasteiger partial charge is 0.573 e. The van der Waals surface area contributed by atoms with Gasteiger partial charge in [0.1, 0.15) is 0 Å². The second kappa shape index (κ2) is 6.65. The minimum atomic E-state index is -4.81. The molecule has 8 heteroatoms. The summed E-state index contributed by atoms with van der Waals surface area (Å²) in [6.07, 6.45) is -2.50. The first-order valence-electron chi connectivity index (χ1n) is 6.39. The van der Waals surface area contributed by atoms with Gasteiger partial charge in [-0.15, -0.1) is 13.2 Å². The molecule has 0 radical (unpaired) electrons. The summed E-state index contributed by atoms with van der Waals surface area (Å²) < 4.78 is 41.3. The highest BCUT2D eigenvalue weighted by Gasteiger charge is 2.32. The van der Waals surface area contributed by atoms with E-state index in [1.807, 2.05) is 0 Å². The maximum Gasteiger partial charge on any atom is 0.573 e. The number of carbonyl (C=O) groups excluding carboxylic acids is 1. The topological polar surface area (TPSA) is 50.4 Å². The molecule has 0 spiro atoms. The van der Waals surface area contributed by atoms with Crippen LogP contribution in [-0.4, -0.2) is 25.4 Å². The number of alkyl halides is 3. The van der Waals surface area contributed by atoms with Crippen LogP contribution in [0.3, 0.4) is 0 Å². The number of ether oxygens (including phenoxy) is 1. The molecule has 1 aliphatic carbocycles. The summed E-state index contributed by atoms with van der Waals surface area (Å²) in [4.78, 5) is 11.7. The molecule has 0 aliphatic heterocycles. The minimum absolute atomic E-state index is 0.0197. The number of amides is 1. The SMILES string of the molecule is O=C(CNCC1CC1)Nc1ccc(Br)cc1OC(F)(F)F. The molecule has 1 amide bonds. The normalized spacial score (nSPS) is 14.9. The van der Waals surface area contributed by atoms with Crippen LogP contribution in [-0.2, 0) is 4.79 Å². The van der Waals surface area contributed by atoms with E-state index in [-0.39, 0.29) is 12.2 Å². The first-order chi connectivity index (χ1) is 9.83. The minimum Gasteiger partial charge on any atom is -0.404 e. The summed E-state index contributed by atoms with van der Waals surface area (Å²) >= 11 is 3.06. The van der Waals surface area contributed by atoms with Gasteiger partial charge in [0.05, 0.1) is 12.2 Å². The lowest BCUT2D eigenvalue weighted by atomic mass is 10.3. The van der Waals surface area contributed by atoms with Crippen LogP contribution in [0, 0.1) is 5.92 Å². The fourth-order valence-corrected chi connectivity index (χ4v) is 2.05. The molecule has 2 N–H and O–H groups in total. The van der Waals surface area contributed by atoms with Gasteiger partial charge in [-0.2, -0.15) is 0 Å². The third-order valence-corrected chi connectivity index (χ3v) is 3.35. The van der Waals surface area contributed by atoms with Crippen LogP contribution in [0.4, 0.5) is 18.9 Å². The average Bonchev–Trinajstić information content (AvgIpc) is 3.15. The number of benzene rings is 1. The first-order valence-corrected chi connectivity index (χ1v) is 7.18. The Kier molecular flexibility index (Phi) is 5.10. The van der Waals surface area contributed by atoms with Crippen molar-refractivity contribution in [3.05, 3.63) is 22.7 Å². The van der Waals surface area contributed by atoms with Crippen molar-refractivity contribution in [1.82, 2.24) is 5.32 Å². The molecule has 0 aromatic heterocycles. The molecular formula is C13H14BrF3N2O2. The second-order valence-electron chi connectivity index (χ2n) is 4.81. The predicted octanol–water partition coefficient (Wildman–Crippen LogP) is 3.29. The summed E-state index contributed by atoms with van der Waals surface area (Å²) in [7, 11) is 0. The molecule has 0 atom stereocenters. The summed E-state index contributed by atoms with van der Waals surface area (Å²) in [6.45, 7) is 0.803. The molecule has 1 aromatic carbocycles. The summed E-state index contributed by atoms with van der Waals surface area (Å²) in [6, 6.07) is 4.03. The lowest BCUT2D eigenvalue weighted by Crippen LogP contribution is -2.29. The van der Waals surface area contributed by atoms with E-state index in [2.05, 4.69) is 31.3 Å². The lowest BCUT2D eigenvalue weighted by Gasteiger charge is -2.14. The van der Waals surface area contributed by atoms with Gasteiger partial charge in [-0.05, 0) is 43.5 Å². The van der Waals surface area contributed by atoms with Gasteiger partial charge in [-0.3, -0.25) is 4.79 Å². The van der Waals surface area contributed by atoms with E-state index >= 15 is 0 Å². The fourth-order valence-electron chi connectivity index (χ4n) is 1.71. The molecule has 21 heavy (non-hydrogen) atoms. The Bertz CT molecular complexity index is 519. The Morgan fingerprint density at radius 1 is 1.38 bits per heavy atom. The molecule has 0 saturated heterocycles. The monoisotopic (exact) mass is 366 g/mol. The van der Waals surface area contributed by atoms with Gasteiger partial charge >= 0.3 is 6.36 Å². The second-order valence-corrected chi connectivity index (χ2v) is 5.73. The van der Waals surface area contributed by atoms with Crippen LogP contribution in [0.2, 0.25) is 0 Å². The molecule has 0 unspecified atom stereocenters. The van der Waals surface area contributed by atoms with Crippen molar-refractivity contribution in [2.24, 2.45) is 5.92 Å². The number of carbonyl (C=O) groups is 1. The molecule has 1 aliphatic rings. The Morgan fingerprint density at radius 2 is 2.10 bits per heavy atom. The van der Waals surface area contributed by atoms with Crippen molar-refractivity contribution in [2.45, 2.75) is 19.2 Å². The van der Waals surface area contributed by atoms with Gasteiger partial charge in [-0.1, -0.05) is 15.9 Å². The van der Waals surface area contributed by atoms with Crippen molar-refractivity contribution < 1.29 is 22.7 Å². The van der Waals surface area contributed by atoms with Crippen LogP contribution < -0.4 is 15.4 Å². The molecular weight excluding hydrogens is 353 g/mol. The molecule has 116 valence electrons. The van der Waals surface area contributed by atoms with Crippen molar-refractivity contribution >= 4 is 27.5 Å². The van der Waals surface area contributed by atoms with Crippen molar-refractivity contribution in [2.75, 3.05) is 18.4 Å². The first kappa shape index (κ1) is 16.1. The molecule has 2 rings (SSSR count). The van der Waals surface area contributed by atoms with Crippen LogP contribution >= 0.6 is 15.9 Å². The summed E-state index contributed by atoms with van der Waals surface area (Å²) in [5, 5.41) is 5.37. The summed E-state index contributed by atoms with van der Waals surface area (Å²) in [5.41, 5.74) is -0.0197. The Labute approximate surface area is 128 Å². The zero-order valence-electron chi connectivity index (χ0n) is 11.0. The highest BCUT2D eigenvalue weighted by Crippen LogP contribution is 2.33. The highest BCUT2D eigenvalue weighted by atomic mass is 79.9. The fraction of sp³-hybridized carbons (Fsp3) is 0.462. The molecule has 0 heterocycles. The van der Waals surface area contributed by atoms with E-state index in [1.54, 1.807) is 0 Å². The number of anilines is 1. The Balaban J connectivity index is 1.95. The van der Waals surface area contributed by atoms with Gasteiger partial charge in [-0.25, -0.2) is 0 Å². The number of rotatable bonds is 6. The third-order valence-electron chi connectivity index (χ3n) is 2.86. The molecule has 1 saturated carbocycles. The van der Waals surface area contributed by atoms with Gasteiger partial charge in [0.2, 0.25) is 5.91 Å². The van der Waals surface area contributed by atoms with Crippen molar-refractivity contribution in [3.8, 4) is 5.75 Å². The van der Waals surface area contributed by atoms with E-state index < -0.39 is 18.0 Å². The molecule has 0 bridgehead atoms. The van der Waals surface area contributed by atoms with E-state index in [0.29, 0.717) is 10.4 Å². The van der Waals surface area contributed by atoms with Crippen LogP contribution in [0.15, 0.2) is 22.7 Å². The van der Waals surface area contributed by atoms with Gasteiger partial charge in [0.25, 0.3) is 0 Å². The standard InChI is InChI=1S/C13H14BrF3N2O2/c14-9-3-4-10(11(5-9)21-13(15,16)17)19-12(20)7-18-6-8-1-2-8/h3-5,8,18H,1-2,6-7H2,(H,19,20). The maximum absolute atomic E-state index is 12.3. The predicted molar refractivity (Wildman–Crippen MR) is 75.0 cm³/mol. The van der Waals surface area contributed by atoms with E-state index in [4.69, 9.17) is 0 Å². The number of hydrogen-bond acceptors (Lipinski definition) is 3. The average molecular weight is 367 g/mol. The molecule has 1 aromatic rings. The number of nitrogens with one attached hydrogen (secondary N) is 2. The van der Waals surface area contributed by atoms with Gasteiger partial charge in [0, 0.05) is 4.47 Å². The maximum atomic E-state index is 12.3. The van der Waals surface area contributed by atoms with Gasteiger partial charge < -0.3 is 15.4 Å². The van der Waals surface area contributed by atoms with Crippen molar-refractivity contribution in [3.63, 3.8) is 0 Å². The van der Waals surface area contributed by atoms with Crippen molar-refractivity contribution in [1.29, 1.82) is 0 Å². The van der Waals surface area contributed by atoms with Crippen LogP contribution in [0.1, 0.15) is 12.8 Å². The zero-order valence-corrected chi connectivity index (χ0v) is 12.6. The van der Waals surface area contributed by atoms with E-state index in [0.717, 1.165) is 25.5 Å². The van der Waals surface area contributed by atoms with Gasteiger partial charge in [0.15, 0.2) is 5.75 Å². The zero-order chi connectivity index (χ0) is 15.5. The molecule has 1 fully saturated rings. The number of hydrogen-bond donors (Lipinski definition) is 2. The van der Waals surface area contributed by atoms with Crippen LogP contribution in [0.25, 0.3) is 0 Å².